The number of halogens is 1. The summed E-state index contributed by atoms with van der Waals surface area (Å²) in [4.78, 5) is 38.4. The quantitative estimate of drug-likeness (QED) is 0.360. The highest BCUT2D eigenvalue weighted by Crippen LogP contribution is 2.32. The lowest BCUT2D eigenvalue weighted by molar-refractivity contribution is 0.0996. The Morgan fingerprint density at radius 2 is 1.45 bits per heavy atom. The first-order valence-corrected chi connectivity index (χ1v) is 10.3. The van der Waals surface area contributed by atoms with Gasteiger partial charge in [0.2, 0.25) is 5.76 Å². The van der Waals surface area contributed by atoms with Gasteiger partial charge in [-0.05, 0) is 42.5 Å². The first kappa shape index (κ1) is 20.5. The highest BCUT2D eigenvalue weighted by Gasteiger charge is 2.24. The first-order chi connectivity index (χ1) is 16.0. The topological polar surface area (TPSA) is 102 Å². The molecular formula is C25H15ClN2O5. The van der Waals surface area contributed by atoms with E-state index in [1.165, 1.54) is 12.1 Å². The van der Waals surface area contributed by atoms with Crippen LogP contribution in [0.5, 0.6) is 0 Å². The second kappa shape index (κ2) is 8.29. The zero-order valence-electron chi connectivity index (χ0n) is 16.9. The third-order valence-corrected chi connectivity index (χ3v) is 5.22. The van der Waals surface area contributed by atoms with Gasteiger partial charge in [0, 0.05) is 22.2 Å². The van der Waals surface area contributed by atoms with E-state index in [9.17, 15) is 14.4 Å². The van der Waals surface area contributed by atoms with Gasteiger partial charge in [-0.25, -0.2) is 0 Å². The molecular weight excluding hydrogens is 444 g/mol. The summed E-state index contributed by atoms with van der Waals surface area (Å²) in [6, 6.07) is 21.4. The minimum absolute atomic E-state index is 0.0803. The molecule has 33 heavy (non-hydrogen) atoms. The van der Waals surface area contributed by atoms with Gasteiger partial charge in [-0.3, -0.25) is 14.4 Å². The van der Waals surface area contributed by atoms with E-state index in [-0.39, 0.29) is 28.2 Å². The molecule has 0 fully saturated rings. The molecule has 0 aliphatic rings. The average molecular weight is 459 g/mol. The van der Waals surface area contributed by atoms with Gasteiger partial charge in [-0.1, -0.05) is 41.9 Å². The van der Waals surface area contributed by atoms with Crippen LogP contribution in [-0.4, -0.2) is 11.8 Å². The summed E-state index contributed by atoms with van der Waals surface area (Å²) in [5.74, 6) is -1.54. The van der Waals surface area contributed by atoms with Crippen molar-refractivity contribution in [3.63, 3.8) is 0 Å². The Bertz CT molecular complexity index is 1590. The number of rotatable bonds is 4. The maximum atomic E-state index is 13.0. The zero-order chi connectivity index (χ0) is 22.9. The normalized spacial score (nSPS) is 10.9. The van der Waals surface area contributed by atoms with Gasteiger partial charge in [-0.2, -0.15) is 0 Å². The van der Waals surface area contributed by atoms with Gasteiger partial charge in [0.05, 0.1) is 5.39 Å². The Balaban J connectivity index is 1.53. The Kier molecular flexibility index (Phi) is 5.16. The van der Waals surface area contributed by atoms with Crippen molar-refractivity contribution in [3.8, 4) is 0 Å². The number of para-hydroxylation sites is 2. The third-order valence-electron chi connectivity index (χ3n) is 4.98. The van der Waals surface area contributed by atoms with E-state index in [1.807, 2.05) is 6.07 Å². The van der Waals surface area contributed by atoms with E-state index in [0.717, 1.165) is 6.07 Å². The number of nitrogens with one attached hydrogen (secondary N) is 2. The summed E-state index contributed by atoms with van der Waals surface area (Å²) in [6.45, 7) is 0. The Labute approximate surface area is 191 Å². The molecule has 8 heteroatoms. The molecule has 0 aliphatic carbocycles. The van der Waals surface area contributed by atoms with Crippen LogP contribution in [0.4, 0.5) is 11.4 Å². The molecule has 7 nitrogen and oxygen atoms in total. The molecule has 0 saturated heterocycles. The molecule has 0 bridgehead atoms. The second-order valence-electron chi connectivity index (χ2n) is 7.19. The van der Waals surface area contributed by atoms with Crippen molar-refractivity contribution < 1.29 is 18.4 Å². The maximum Gasteiger partial charge on any atom is 0.293 e. The van der Waals surface area contributed by atoms with Crippen LogP contribution < -0.4 is 16.1 Å². The molecule has 0 radical (unpaired) electrons. The van der Waals surface area contributed by atoms with E-state index < -0.39 is 17.2 Å². The number of fused-ring (bicyclic) bond motifs is 2. The SMILES string of the molecule is O=C(Nc1c(C(=O)Nc2ccccc2)oc2ccccc12)c1cc(=O)c2cc(Cl)ccc2o1. The van der Waals surface area contributed by atoms with E-state index in [0.29, 0.717) is 21.7 Å². The summed E-state index contributed by atoms with van der Waals surface area (Å²) in [7, 11) is 0. The van der Waals surface area contributed by atoms with Crippen molar-refractivity contribution in [2.75, 3.05) is 10.6 Å². The number of carbonyl (C=O) groups excluding carboxylic acids is 2. The largest absolute Gasteiger partial charge is 0.451 e. The number of amides is 2. The summed E-state index contributed by atoms with van der Waals surface area (Å²) in [5.41, 5.74) is 0.960. The van der Waals surface area contributed by atoms with E-state index >= 15 is 0 Å². The molecule has 0 saturated carbocycles. The number of carbonyl (C=O) groups is 2. The monoisotopic (exact) mass is 458 g/mol. The molecule has 2 aromatic heterocycles. The van der Waals surface area contributed by atoms with Gasteiger partial charge >= 0.3 is 0 Å². The van der Waals surface area contributed by atoms with Gasteiger partial charge in [0.25, 0.3) is 11.8 Å². The fraction of sp³-hybridized carbons (Fsp3) is 0. The van der Waals surface area contributed by atoms with Crippen molar-refractivity contribution in [1.82, 2.24) is 0 Å². The molecule has 5 rings (SSSR count). The smallest absolute Gasteiger partial charge is 0.293 e. The summed E-state index contributed by atoms with van der Waals surface area (Å²) < 4.78 is 11.4. The number of furan rings is 1. The number of hydrogen-bond donors (Lipinski definition) is 2. The standard InChI is InChI=1S/C25H15ClN2O5/c26-14-10-11-20-17(12-14)18(29)13-21(32-20)24(30)28-22-16-8-4-5-9-19(16)33-23(22)25(31)27-15-6-2-1-3-7-15/h1-13H,(H,27,31)(H,28,30). The van der Waals surface area contributed by atoms with Crippen molar-refractivity contribution in [1.29, 1.82) is 0 Å². The van der Waals surface area contributed by atoms with Crippen LogP contribution in [-0.2, 0) is 0 Å². The molecule has 3 aromatic carbocycles. The Hall–Kier alpha value is -4.36. The lowest BCUT2D eigenvalue weighted by atomic mass is 10.2. The van der Waals surface area contributed by atoms with Gasteiger partial charge in [0.1, 0.15) is 16.9 Å². The minimum atomic E-state index is -0.704. The zero-order valence-corrected chi connectivity index (χ0v) is 17.7. The fourth-order valence-corrected chi connectivity index (χ4v) is 3.63. The van der Waals surface area contributed by atoms with E-state index in [1.54, 1.807) is 54.6 Å². The van der Waals surface area contributed by atoms with Crippen molar-refractivity contribution in [2.24, 2.45) is 0 Å². The Morgan fingerprint density at radius 1 is 0.727 bits per heavy atom. The molecule has 2 heterocycles. The summed E-state index contributed by atoms with van der Waals surface area (Å²) in [6.07, 6.45) is 0. The van der Waals surface area contributed by atoms with Crippen LogP contribution in [0.2, 0.25) is 5.02 Å². The van der Waals surface area contributed by atoms with Crippen LogP contribution >= 0.6 is 11.6 Å². The van der Waals surface area contributed by atoms with Crippen LogP contribution in [0, 0.1) is 0 Å². The Morgan fingerprint density at radius 3 is 2.27 bits per heavy atom. The molecule has 2 amide bonds. The van der Waals surface area contributed by atoms with Crippen LogP contribution in [0.25, 0.3) is 21.9 Å². The number of anilines is 2. The van der Waals surface area contributed by atoms with Crippen molar-refractivity contribution in [2.45, 2.75) is 0 Å². The fourth-order valence-electron chi connectivity index (χ4n) is 3.45. The van der Waals surface area contributed by atoms with Crippen LogP contribution in [0.15, 0.2) is 92.5 Å². The number of benzene rings is 3. The molecule has 2 N–H and O–H groups in total. The predicted molar refractivity (Wildman–Crippen MR) is 126 cm³/mol. The summed E-state index contributed by atoms with van der Waals surface area (Å²) >= 11 is 5.94. The van der Waals surface area contributed by atoms with Crippen molar-refractivity contribution >= 4 is 56.7 Å². The lowest BCUT2D eigenvalue weighted by Crippen LogP contribution is -2.18. The second-order valence-corrected chi connectivity index (χ2v) is 7.63. The average Bonchev–Trinajstić information content (AvgIpc) is 3.18. The highest BCUT2D eigenvalue weighted by molar-refractivity contribution is 6.31. The first-order valence-electron chi connectivity index (χ1n) is 9.92. The lowest BCUT2D eigenvalue weighted by Gasteiger charge is -2.07. The van der Waals surface area contributed by atoms with Gasteiger partial charge in [0.15, 0.2) is 11.2 Å². The van der Waals surface area contributed by atoms with Crippen molar-refractivity contribution in [3.05, 3.63) is 106 Å². The molecule has 0 atom stereocenters. The highest BCUT2D eigenvalue weighted by atomic mass is 35.5. The van der Waals surface area contributed by atoms with Gasteiger partial charge in [-0.15, -0.1) is 0 Å². The van der Waals surface area contributed by atoms with E-state index in [2.05, 4.69) is 10.6 Å². The predicted octanol–water partition coefficient (Wildman–Crippen LogP) is 5.70. The number of hydrogen-bond acceptors (Lipinski definition) is 5. The van der Waals surface area contributed by atoms with Crippen LogP contribution in [0.3, 0.4) is 0 Å². The van der Waals surface area contributed by atoms with Crippen LogP contribution in [0.1, 0.15) is 21.1 Å². The molecule has 0 unspecified atom stereocenters. The molecule has 0 spiro atoms. The minimum Gasteiger partial charge on any atom is -0.451 e. The molecule has 162 valence electrons. The third kappa shape index (κ3) is 3.97. The molecule has 0 aliphatic heterocycles. The summed E-state index contributed by atoms with van der Waals surface area (Å²) in [5, 5.41) is 6.58. The molecule has 5 aromatic rings. The maximum absolute atomic E-state index is 13.0. The van der Waals surface area contributed by atoms with E-state index in [4.69, 9.17) is 20.4 Å². The van der Waals surface area contributed by atoms with Gasteiger partial charge < -0.3 is 19.5 Å².